The molecule has 0 spiro atoms. The first-order valence-corrected chi connectivity index (χ1v) is 5.81. The fourth-order valence-corrected chi connectivity index (χ4v) is 1.21. The van der Waals surface area contributed by atoms with Gasteiger partial charge in [0.05, 0.1) is 6.07 Å². The molecule has 0 aromatic rings. The molecule has 0 bridgehead atoms. The number of carbonyl (C=O) groups excluding carboxylic acids is 2. The van der Waals surface area contributed by atoms with E-state index in [1.807, 2.05) is 11.0 Å². The van der Waals surface area contributed by atoms with Crippen molar-refractivity contribution in [3.63, 3.8) is 0 Å². The van der Waals surface area contributed by atoms with Crippen molar-refractivity contribution in [1.29, 1.82) is 5.26 Å². The van der Waals surface area contributed by atoms with E-state index in [-0.39, 0.29) is 13.2 Å². The van der Waals surface area contributed by atoms with Gasteiger partial charge in [0.15, 0.2) is 0 Å². The number of hydrogen-bond acceptors (Lipinski definition) is 6. The summed E-state index contributed by atoms with van der Waals surface area (Å²) in [4.78, 5) is 23.6. The molecule has 19 heavy (non-hydrogen) atoms. The highest BCUT2D eigenvalue weighted by molar-refractivity contribution is 5.81. The van der Waals surface area contributed by atoms with Crippen molar-refractivity contribution >= 4 is 11.9 Å². The summed E-state index contributed by atoms with van der Waals surface area (Å²) in [5, 5.41) is 8.54. The van der Waals surface area contributed by atoms with Crippen molar-refractivity contribution in [3.8, 4) is 6.07 Å². The van der Waals surface area contributed by atoms with Gasteiger partial charge in [0, 0.05) is 38.2 Å². The Balaban J connectivity index is 3.97. The van der Waals surface area contributed by atoms with Crippen LogP contribution < -0.4 is 0 Å². The van der Waals surface area contributed by atoms with Crippen molar-refractivity contribution in [2.24, 2.45) is 0 Å². The summed E-state index contributed by atoms with van der Waals surface area (Å²) in [6.45, 7) is 8.43. The Hall–Kier alpha value is -2.13. The highest BCUT2D eigenvalue weighted by Gasteiger charge is 2.07. The molecule has 0 aliphatic carbocycles. The molecule has 0 saturated carbocycles. The zero-order chi connectivity index (χ0) is 14.5. The van der Waals surface area contributed by atoms with Crippen molar-refractivity contribution in [2.75, 3.05) is 32.8 Å². The Kier molecular flexibility index (Phi) is 9.76. The predicted octanol–water partition coefficient (Wildman–Crippen LogP) is 0.660. The third-order valence-corrected chi connectivity index (χ3v) is 2.18. The highest BCUT2D eigenvalue weighted by atomic mass is 16.5. The molecule has 0 fully saturated rings. The van der Waals surface area contributed by atoms with E-state index >= 15 is 0 Å². The quantitative estimate of drug-likeness (QED) is 0.427. The summed E-state index contributed by atoms with van der Waals surface area (Å²) in [6.07, 6.45) is 2.53. The zero-order valence-electron chi connectivity index (χ0n) is 10.8. The summed E-state index contributed by atoms with van der Waals surface area (Å²) in [6, 6.07) is 2.03. The van der Waals surface area contributed by atoms with Crippen molar-refractivity contribution in [1.82, 2.24) is 4.90 Å². The molecular formula is C13H18N2O4. The number of hydrogen-bond donors (Lipinski definition) is 0. The van der Waals surface area contributed by atoms with Crippen LogP contribution in [0.3, 0.4) is 0 Å². The minimum absolute atomic E-state index is 0.200. The predicted molar refractivity (Wildman–Crippen MR) is 69.0 cm³/mol. The Morgan fingerprint density at radius 2 is 1.53 bits per heavy atom. The second-order valence-corrected chi connectivity index (χ2v) is 3.49. The zero-order valence-corrected chi connectivity index (χ0v) is 10.8. The second kappa shape index (κ2) is 11.0. The third-order valence-electron chi connectivity index (χ3n) is 2.18. The SMILES string of the molecule is C=CC(=O)OCCN(CCC#N)CCOC(=O)C=C. The molecule has 0 radical (unpaired) electrons. The van der Waals surface area contributed by atoms with Crippen LogP contribution in [0, 0.1) is 11.3 Å². The average Bonchev–Trinajstić information content (AvgIpc) is 2.43. The van der Waals surface area contributed by atoms with Crippen LogP contribution in [0.25, 0.3) is 0 Å². The van der Waals surface area contributed by atoms with Crippen LogP contribution in [-0.2, 0) is 19.1 Å². The van der Waals surface area contributed by atoms with Gasteiger partial charge in [-0.3, -0.25) is 4.90 Å². The van der Waals surface area contributed by atoms with Gasteiger partial charge in [0.2, 0.25) is 0 Å². The second-order valence-electron chi connectivity index (χ2n) is 3.49. The van der Waals surface area contributed by atoms with Gasteiger partial charge in [-0.1, -0.05) is 13.2 Å². The molecular weight excluding hydrogens is 248 g/mol. The van der Waals surface area contributed by atoms with Crippen molar-refractivity contribution in [2.45, 2.75) is 6.42 Å². The fraction of sp³-hybridized carbons (Fsp3) is 0.462. The maximum atomic E-state index is 10.9. The van der Waals surface area contributed by atoms with E-state index in [0.29, 0.717) is 26.1 Å². The largest absolute Gasteiger partial charge is 0.461 e. The van der Waals surface area contributed by atoms with Crippen molar-refractivity contribution < 1.29 is 19.1 Å². The van der Waals surface area contributed by atoms with E-state index in [4.69, 9.17) is 14.7 Å². The van der Waals surface area contributed by atoms with Crippen LogP contribution in [0.1, 0.15) is 6.42 Å². The lowest BCUT2D eigenvalue weighted by atomic mass is 10.4. The van der Waals surface area contributed by atoms with Gasteiger partial charge in [-0.15, -0.1) is 0 Å². The van der Waals surface area contributed by atoms with Crippen LogP contribution in [0.2, 0.25) is 0 Å². The van der Waals surface area contributed by atoms with Gasteiger partial charge in [0.25, 0.3) is 0 Å². The normalized spacial score (nSPS) is 9.47. The first kappa shape index (κ1) is 16.9. The summed E-state index contributed by atoms with van der Waals surface area (Å²) >= 11 is 0. The topological polar surface area (TPSA) is 79.6 Å². The van der Waals surface area contributed by atoms with E-state index in [0.717, 1.165) is 12.2 Å². The molecule has 0 rings (SSSR count). The first-order chi connectivity index (χ1) is 9.13. The summed E-state index contributed by atoms with van der Waals surface area (Å²) in [5.74, 6) is -0.975. The number of esters is 2. The minimum atomic E-state index is -0.488. The monoisotopic (exact) mass is 266 g/mol. The van der Waals surface area contributed by atoms with Crippen LogP contribution >= 0.6 is 0 Å². The van der Waals surface area contributed by atoms with Gasteiger partial charge >= 0.3 is 11.9 Å². The molecule has 104 valence electrons. The van der Waals surface area contributed by atoms with E-state index in [1.54, 1.807) is 0 Å². The highest BCUT2D eigenvalue weighted by Crippen LogP contribution is 1.93. The van der Waals surface area contributed by atoms with E-state index in [2.05, 4.69) is 13.2 Å². The number of nitrogens with zero attached hydrogens (tertiary/aromatic N) is 2. The Morgan fingerprint density at radius 3 is 1.89 bits per heavy atom. The smallest absolute Gasteiger partial charge is 0.330 e. The molecule has 6 nitrogen and oxygen atoms in total. The summed E-state index contributed by atoms with van der Waals surface area (Å²) < 4.78 is 9.69. The lowest BCUT2D eigenvalue weighted by molar-refractivity contribution is -0.138. The van der Waals surface area contributed by atoms with Crippen LogP contribution in [0.15, 0.2) is 25.3 Å². The molecule has 0 saturated heterocycles. The average molecular weight is 266 g/mol. The van der Waals surface area contributed by atoms with E-state index in [1.165, 1.54) is 0 Å². The molecule has 0 heterocycles. The lowest BCUT2D eigenvalue weighted by Gasteiger charge is -2.20. The van der Waals surface area contributed by atoms with Crippen LogP contribution in [0.5, 0.6) is 0 Å². The maximum absolute atomic E-state index is 10.9. The van der Waals surface area contributed by atoms with E-state index in [9.17, 15) is 9.59 Å². The lowest BCUT2D eigenvalue weighted by Crippen LogP contribution is -2.32. The number of carbonyl (C=O) groups is 2. The Morgan fingerprint density at radius 1 is 1.05 bits per heavy atom. The number of ether oxygens (including phenoxy) is 2. The first-order valence-electron chi connectivity index (χ1n) is 5.81. The minimum Gasteiger partial charge on any atom is -0.461 e. The number of nitriles is 1. The van der Waals surface area contributed by atoms with Gasteiger partial charge in [-0.05, 0) is 0 Å². The van der Waals surface area contributed by atoms with Gasteiger partial charge < -0.3 is 9.47 Å². The third kappa shape index (κ3) is 9.56. The molecule has 0 aromatic heterocycles. The van der Waals surface area contributed by atoms with Crippen LogP contribution in [0.4, 0.5) is 0 Å². The maximum Gasteiger partial charge on any atom is 0.330 e. The summed E-state index contributed by atoms with van der Waals surface area (Å²) in [5.41, 5.74) is 0. The molecule has 0 atom stereocenters. The van der Waals surface area contributed by atoms with Crippen LogP contribution in [-0.4, -0.2) is 49.7 Å². The van der Waals surface area contributed by atoms with Gasteiger partial charge in [-0.2, -0.15) is 5.26 Å². The molecule has 0 aliphatic rings. The Labute approximate surface area is 112 Å². The van der Waals surface area contributed by atoms with E-state index < -0.39 is 11.9 Å². The van der Waals surface area contributed by atoms with Gasteiger partial charge in [-0.25, -0.2) is 9.59 Å². The summed E-state index contributed by atoms with van der Waals surface area (Å²) in [7, 11) is 0. The molecule has 0 amide bonds. The standard InChI is InChI=1S/C13H18N2O4/c1-3-12(16)18-10-8-15(7-5-6-14)9-11-19-13(17)4-2/h3-4H,1-2,5,7-11H2. The molecule has 0 aromatic carbocycles. The molecule has 0 unspecified atom stereocenters. The van der Waals surface area contributed by atoms with Gasteiger partial charge in [0.1, 0.15) is 13.2 Å². The molecule has 0 aliphatic heterocycles. The number of rotatable bonds is 10. The van der Waals surface area contributed by atoms with Crippen molar-refractivity contribution in [3.05, 3.63) is 25.3 Å². The molecule has 6 heteroatoms. The Bertz CT molecular complexity index is 334. The fourth-order valence-electron chi connectivity index (χ4n) is 1.21. The molecule has 0 N–H and O–H groups in total.